The molecule has 30 heavy (non-hydrogen) atoms. The molecule has 1 saturated carbocycles. The summed E-state index contributed by atoms with van der Waals surface area (Å²) in [4.78, 5) is 14.7. The molecule has 7 heteroatoms. The monoisotopic (exact) mass is 471 g/mol. The molecular formula is C23H22Cl3F2NO. The lowest BCUT2D eigenvalue weighted by Gasteiger charge is -2.34. The molecule has 1 atom stereocenters. The lowest BCUT2D eigenvalue weighted by atomic mass is 9.91. The molecular weight excluding hydrogens is 451 g/mol. The van der Waals surface area contributed by atoms with Gasteiger partial charge in [0, 0.05) is 46.4 Å². The third kappa shape index (κ3) is 4.61. The number of nitrogens with zero attached hydrogens (tertiary/aromatic N) is 1. The average molecular weight is 473 g/mol. The summed E-state index contributed by atoms with van der Waals surface area (Å²) in [7, 11) is 0. The van der Waals surface area contributed by atoms with E-state index in [2.05, 4.69) is 0 Å². The van der Waals surface area contributed by atoms with Gasteiger partial charge in [0.15, 0.2) is 0 Å². The van der Waals surface area contributed by atoms with E-state index in [1.807, 2.05) is 24.3 Å². The van der Waals surface area contributed by atoms with E-state index in [0.29, 0.717) is 47.3 Å². The summed E-state index contributed by atoms with van der Waals surface area (Å²) < 4.78 is 26.9. The highest BCUT2D eigenvalue weighted by Crippen LogP contribution is 2.39. The van der Waals surface area contributed by atoms with E-state index in [1.165, 1.54) is 0 Å². The van der Waals surface area contributed by atoms with Crippen molar-refractivity contribution in [3.05, 3.63) is 57.0 Å². The zero-order valence-corrected chi connectivity index (χ0v) is 18.6. The molecule has 0 spiro atoms. The Morgan fingerprint density at radius 1 is 0.933 bits per heavy atom. The smallest absolute Gasteiger partial charge is 0.248 e. The molecule has 2 aromatic rings. The lowest BCUT2D eigenvalue weighted by Crippen LogP contribution is -2.42. The predicted octanol–water partition coefficient (Wildman–Crippen LogP) is 7.28. The quantitative estimate of drug-likeness (QED) is 0.458. The number of hydrogen-bond donors (Lipinski definition) is 0. The first kappa shape index (κ1) is 21.9. The molecule has 1 saturated heterocycles. The maximum Gasteiger partial charge on any atom is 0.248 e. The Morgan fingerprint density at radius 3 is 2.13 bits per heavy atom. The van der Waals surface area contributed by atoms with Crippen LogP contribution in [-0.4, -0.2) is 29.3 Å². The van der Waals surface area contributed by atoms with Crippen LogP contribution < -0.4 is 0 Å². The topological polar surface area (TPSA) is 20.3 Å². The molecule has 0 aromatic heterocycles. The van der Waals surface area contributed by atoms with E-state index in [-0.39, 0.29) is 30.7 Å². The maximum absolute atomic E-state index is 13.5. The van der Waals surface area contributed by atoms with Crippen LogP contribution in [0.2, 0.25) is 15.1 Å². The van der Waals surface area contributed by atoms with Gasteiger partial charge in [-0.1, -0.05) is 46.9 Å². The normalized spacial score (nSPS) is 22.0. The van der Waals surface area contributed by atoms with Crippen molar-refractivity contribution in [1.82, 2.24) is 4.90 Å². The summed E-state index contributed by atoms with van der Waals surface area (Å²) in [6.45, 7) is 0.609. The minimum absolute atomic E-state index is 0.0270. The molecule has 0 bridgehead atoms. The van der Waals surface area contributed by atoms with Crippen molar-refractivity contribution in [1.29, 1.82) is 0 Å². The molecule has 4 rings (SSSR count). The van der Waals surface area contributed by atoms with Crippen LogP contribution in [0.3, 0.4) is 0 Å². The molecule has 160 valence electrons. The van der Waals surface area contributed by atoms with Gasteiger partial charge < -0.3 is 4.90 Å². The van der Waals surface area contributed by atoms with Gasteiger partial charge in [-0.2, -0.15) is 0 Å². The van der Waals surface area contributed by atoms with Crippen molar-refractivity contribution in [2.45, 2.75) is 50.5 Å². The largest absolute Gasteiger partial charge is 0.339 e. The number of benzene rings is 2. The third-order valence-corrected chi connectivity index (χ3v) is 7.17. The van der Waals surface area contributed by atoms with E-state index >= 15 is 0 Å². The summed E-state index contributed by atoms with van der Waals surface area (Å²) in [6, 6.07) is 11.0. The SMILES string of the molecule is O=C1C(Cc2c(Cl)cc(-c3ccc(Cl)cc3)cc2Cl)CCN1C1CCC(F)(F)CC1. The Labute approximate surface area is 190 Å². The fourth-order valence-corrected chi connectivity index (χ4v) is 5.27. The number of rotatable bonds is 4. The Bertz CT molecular complexity index is 915. The van der Waals surface area contributed by atoms with Gasteiger partial charge >= 0.3 is 0 Å². The Kier molecular flexibility index (Phi) is 6.30. The van der Waals surface area contributed by atoms with Crippen LogP contribution in [-0.2, 0) is 11.2 Å². The van der Waals surface area contributed by atoms with E-state index in [1.54, 1.807) is 17.0 Å². The standard InChI is InChI=1S/C23H22Cl3F2NO/c24-17-3-1-14(2-4-17)16-12-20(25)19(21(26)13-16)11-15-7-10-29(22(15)30)18-5-8-23(27,28)9-6-18/h1-4,12-13,15,18H,5-11H2. The van der Waals surface area contributed by atoms with E-state index in [4.69, 9.17) is 34.8 Å². The number of amides is 1. The molecule has 2 aromatic carbocycles. The summed E-state index contributed by atoms with van der Waals surface area (Å²) in [5.74, 6) is -2.78. The zero-order valence-electron chi connectivity index (χ0n) is 16.3. The summed E-state index contributed by atoms with van der Waals surface area (Å²) in [5.41, 5.74) is 2.59. The first-order valence-corrected chi connectivity index (χ1v) is 11.3. The van der Waals surface area contributed by atoms with Crippen LogP contribution in [0.1, 0.15) is 37.7 Å². The molecule has 0 radical (unpaired) electrons. The van der Waals surface area contributed by atoms with Crippen molar-refractivity contribution in [2.75, 3.05) is 6.54 Å². The molecule has 2 nitrogen and oxygen atoms in total. The fourth-order valence-electron chi connectivity index (χ4n) is 4.51. The predicted molar refractivity (Wildman–Crippen MR) is 118 cm³/mol. The second-order valence-corrected chi connectivity index (χ2v) is 9.48. The molecule has 1 amide bonds. The van der Waals surface area contributed by atoms with Gasteiger partial charge in [-0.05, 0) is 66.6 Å². The van der Waals surface area contributed by atoms with Gasteiger partial charge in [0.1, 0.15) is 0 Å². The number of hydrogen-bond acceptors (Lipinski definition) is 1. The average Bonchev–Trinajstić information content (AvgIpc) is 3.05. The van der Waals surface area contributed by atoms with Gasteiger partial charge in [0.2, 0.25) is 11.8 Å². The summed E-state index contributed by atoms with van der Waals surface area (Å²) in [6.07, 6.45) is 1.59. The zero-order chi connectivity index (χ0) is 21.5. The molecule has 1 unspecified atom stereocenters. The number of alkyl halides is 2. The first-order chi connectivity index (χ1) is 14.2. The Hall–Kier alpha value is -1.36. The van der Waals surface area contributed by atoms with Crippen LogP contribution in [0, 0.1) is 5.92 Å². The van der Waals surface area contributed by atoms with Crippen LogP contribution in [0.4, 0.5) is 8.78 Å². The second-order valence-electron chi connectivity index (χ2n) is 8.23. The Balaban J connectivity index is 1.47. The highest BCUT2D eigenvalue weighted by molar-refractivity contribution is 6.36. The van der Waals surface area contributed by atoms with Gasteiger partial charge in [-0.15, -0.1) is 0 Å². The van der Waals surface area contributed by atoms with Crippen LogP contribution >= 0.6 is 34.8 Å². The molecule has 1 aliphatic carbocycles. The minimum Gasteiger partial charge on any atom is -0.339 e. The number of halogens is 5. The summed E-state index contributed by atoms with van der Waals surface area (Å²) in [5, 5.41) is 1.70. The molecule has 2 fully saturated rings. The highest BCUT2D eigenvalue weighted by atomic mass is 35.5. The Morgan fingerprint density at radius 2 is 1.53 bits per heavy atom. The highest BCUT2D eigenvalue weighted by Gasteiger charge is 2.42. The van der Waals surface area contributed by atoms with Crippen molar-refractivity contribution in [3.63, 3.8) is 0 Å². The van der Waals surface area contributed by atoms with Crippen LogP contribution in [0.5, 0.6) is 0 Å². The summed E-state index contributed by atoms with van der Waals surface area (Å²) >= 11 is 19.0. The van der Waals surface area contributed by atoms with Crippen LogP contribution in [0.15, 0.2) is 36.4 Å². The second kappa shape index (κ2) is 8.64. The van der Waals surface area contributed by atoms with Crippen LogP contribution in [0.25, 0.3) is 11.1 Å². The van der Waals surface area contributed by atoms with E-state index < -0.39 is 5.92 Å². The number of carbonyl (C=O) groups is 1. The molecule has 2 aliphatic rings. The number of likely N-dealkylation sites (tertiary alicyclic amines) is 1. The van der Waals surface area contributed by atoms with E-state index in [9.17, 15) is 13.6 Å². The van der Waals surface area contributed by atoms with Crippen molar-refractivity contribution in [2.24, 2.45) is 5.92 Å². The molecule has 1 aliphatic heterocycles. The third-order valence-electron chi connectivity index (χ3n) is 6.25. The van der Waals surface area contributed by atoms with Gasteiger partial charge in [0.05, 0.1) is 0 Å². The van der Waals surface area contributed by atoms with E-state index in [0.717, 1.165) is 16.7 Å². The van der Waals surface area contributed by atoms with Crippen molar-refractivity contribution in [3.8, 4) is 11.1 Å². The van der Waals surface area contributed by atoms with Gasteiger partial charge in [-0.3, -0.25) is 4.79 Å². The van der Waals surface area contributed by atoms with Crippen molar-refractivity contribution < 1.29 is 13.6 Å². The van der Waals surface area contributed by atoms with Gasteiger partial charge in [0.25, 0.3) is 0 Å². The first-order valence-electron chi connectivity index (χ1n) is 10.2. The minimum atomic E-state index is -2.59. The molecule has 1 heterocycles. The maximum atomic E-state index is 13.5. The lowest BCUT2D eigenvalue weighted by molar-refractivity contribution is -0.135. The van der Waals surface area contributed by atoms with Gasteiger partial charge in [-0.25, -0.2) is 8.78 Å². The molecule has 0 N–H and O–H groups in total. The number of carbonyl (C=O) groups excluding carboxylic acids is 1. The fraction of sp³-hybridized carbons (Fsp3) is 0.435. The van der Waals surface area contributed by atoms with Crippen molar-refractivity contribution >= 4 is 40.7 Å².